The molecule has 0 unspecified atom stereocenters. The number of benzene rings is 1. The van der Waals surface area contributed by atoms with Gasteiger partial charge in [0.2, 0.25) is 11.8 Å². The van der Waals surface area contributed by atoms with Gasteiger partial charge in [0.1, 0.15) is 10.6 Å². The van der Waals surface area contributed by atoms with Gasteiger partial charge in [-0.05, 0) is 36.9 Å². The van der Waals surface area contributed by atoms with Gasteiger partial charge in [0.05, 0.1) is 5.39 Å². The average molecular weight is 285 g/mol. The maximum absolute atomic E-state index is 5.98. The number of aryl methyl sites for hydroxylation is 1. The summed E-state index contributed by atoms with van der Waals surface area (Å²) in [6.45, 7) is 4.82. The molecule has 2 aromatic heterocycles. The Morgan fingerprint density at radius 1 is 1.20 bits per heavy atom. The summed E-state index contributed by atoms with van der Waals surface area (Å²) in [4.78, 5) is 9.86. The molecule has 4 nitrogen and oxygen atoms in total. The van der Waals surface area contributed by atoms with Crippen LogP contribution in [0.15, 0.2) is 35.7 Å². The summed E-state index contributed by atoms with van der Waals surface area (Å²) in [5, 5.41) is 6.08. The highest BCUT2D eigenvalue weighted by atomic mass is 32.1. The molecule has 0 amide bonds. The van der Waals surface area contributed by atoms with Gasteiger partial charge < -0.3 is 10.1 Å². The van der Waals surface area contributed by atoms with Crippen LogP contribution in [0.1, 0.15) is 12.5 Å². The van der Waals surface area contributed by atoms with E-state index >= 15 is 0 Å². The van der Waals surface area contributed by atoms with Crippen molar-refractivity contribution in [3.8, 4) is 11.6 Å². The van der Waals surface area contributed by atoms with E-state index in [9.17, 15) is 0 Å². The first kappa shape index (κ1) is 12.9. The third-order valence-corrected chi connectivity index (χ3v) is 3.73. The molecule has 0 aliphatic rings. The zero-order valence-corrected chi connectivity index (χ0v) is 12.2. The summed E-state index contributed by atoms with van der Waals surface area (Å²) in [6.07, 6.45) is 0. The van der Waals surface area contributed by atoms with Gasteiger partial charge in [0.15, 0.2) is 0 Å². The second-order valence-electron chi connectivity index (χ2n) is 4.39. The summed E-state index contributed by atoms with van der Waals surface area (Å²) in [5.41, 5.74) is 1.08. The van der Waals surface area contributed by atoms with E-state index in [1.807, 2.05) is 49.6 Å². The Labute approximate surface area is 121 Å². The van der Waals surface area contributed by atoms with Crippen LogP contribution in [0.25, 0.3) is 10.2 Å². The Balaban J connectivity index is 2.05. The van der Waals surface area contributed by atoms with Crippen molar-refractivity contribution < 1.29 is 4.74 Å². The van der Waals surface area contributed by atoms with Crippen LogP contribution in [0.4, 0.5) is 5.95 Å². The molecule has 0 bridgehead atoms. The third kappa shape index (κ3) is 2.44. The van der Waals surface area contributed by atoms with Crippen molar-refractivity contribution in [2.75, 3.05) is 11.9 Å². The van der Waals surface area contributed by atoms with Crippen LogP contribution in [0.2, 0.25) is 0 Å². The standard InChI is InChI=1S/C15H15N3OS/c1-3-16-15-17-13(11-8-9-20-14(11)18-15)19-12-7-5-4-6-10(12)2/h4-9H,3H2,1-2H3,(H,16,17,18). The number of rotatable bonds is 4. The monoisotopic (exact) mass is 285 g/mol. The molecule has 3 aromatic rings. The van der Waals surface area contributed by atoms with E-state index in [-0.39, 0.29) is 0 Å². The number of nitrogens with zero attached hydrogens (tertiary/aromatic N) is 2. The van der Waals surface area contributed by atoms with Crippen molar-refractivity contribution in [3.05, 3.63) is 41.3 Å². The minimum absolute atomic E-state index is 0.599. The van der Waals surface area contributed by atoms with Gasteiger partial charge >= 0.3 is 0 Å². The van der Waals surface area contributed by atoms with Crippen molar-refractivity contribution in [2.45, 2.75) is 13.8 Å². The Hall–Kier alpha value is -2.14. The van der Waals surface area contributed by atoms with E-state index in [1.54, 1.807) is 11.3 Å². The number of hydrogen-bond donors (Lipinski definition) is 1. The van der Waals surface area contributed by atoms with Crippen LogP contribution >= 0.6 is 11.3 Å². The molecule has 0 fully saturated rings. The van der Waals surface area contributed by atoms with Crippen LogP contribution in [-0.2, 0) is 0 Å². The molecule has 0 saturated carbocycles. The van der Waals surface area contributed by atoms with Crippen molar-refractivity contribution in [1.82, 2.24) is 9.97 Å². The quantitative estimate of drug-likeness (QED) is 0.779. The minimum Gasteiger partial charge on any atom is -0.438 e. The van der Waals surface area contributed by atoms with Crippen molar-refractivity contribution >= 4 is 27.5 Å². The highest BCUT2D eigenvalue weighted by molar-refractivity contribution is 7.16. The first-order valence-electron chi connectivity index (χ1n) is 6.50. The number of thiophene rings is 1. The Morgan fingerprint density at radius 3 is 2.85 bits per heavy atom. The summed E-state index contributed by atoms with van der Waals surface area (Å²) < 4.78 is 5.98. The van der Waals surface area contributed by atoms with Gasteiger partial charge in [0.25, 0.3) is 0 Å². The molecular weight excluding hydrogens is 270 g/mol. The number of para-hydroxylation sites is 1. The molecule has 0 saturated heterocycles. The number of anilines is 1. The SMILES string of the molecule is CCNc1nc(Oc2ccccc2C)c2ccsc2n1. The topological polar surface area (TPSA) is 47.0 Å². The number of hydrogen-bond acceptors (Lipinski definition) is 5. The van der Waals surface area contributed by atoms with Crippen LogP contribution in [0.5, 0.6) is 11.6 Å². The van der Waals surface area contributed by atoms with Gasteiger partial charge in [-0.1, -0.05) is 18.2 Å². The number of nitrogens with one attached hydrogen (secondary N) is 1. The lowest BCUT2D eigenvalue weighted by Gasteiger charge is -2.10. The second-order valence-corrected chi connectivity index (χ2v) is 5.28. The number of fused-ring (bicyclic) bond motifs is 1. The van der Waals surface area contributed by atoms with E-state index in [4.69, 9.17) is 4.74 Å². The molecule has 3 rings (SSSR count). The van der Waals surface area contributed by atoms with Crippen LogP contribution in [-0.4, -0.2) is 16.5 Å². The maximum atomic E-state index is 5.98. The summed E-state index contributed by atoms with van der Waals surface area (Å²) in [6, 6.07) is 9.91. The Bertz CT molecular complexity index is 739. The summed E-state index contributed by atoms with van der Waals surface area (Å²) >= 11 is 1.59. The lowest BCUT2D eigenvalue weighted by Crippen LogP contribution is -2.03. The van der Waals surface area contributed by atoms with E-state index in [0.29, 0.717) is 11.8 Å². The predicted octanol–water partition coefficient (Wildman–Crippen LogP) is 4.22. The molecule has 0 radical (unpaired) electrons. The number of aromatic nitrogens is 2. The zero-order valence-electron chi connectivity index (χ0n) is 11.4. The van der Waals surface area contributed by atoms with Crippen molar-refractivity contribution in [2.24, 2.45) is 0 Å². The van der Waals surface area contributed by atoms with Crippen molar-refractivity contribution in [1.29, 1.82) is 0 Å². The van der Waals surface area contributed by atoms with Gasteiger partial charge in [0, 0.05) is 6.54 Å². The Morgan fingerprint density at radius 2 is 2.05 bits per heavy atom. The molecule has 102 valence electrons. The second kappa shape index (κ2) is 5.46. The van der Waals surface area contributed by atoms with E-state index < -0.39 is 0 Å². The number of ether oxygens (including phenoxy) is 1. The largest absolute Gasteiger partial charge is 0.438 e. The van der Waals surface area contributed by atoms with Gasteiger partial charge in [-0.15, -0.1) is 11.3 Å². The maximum Gasteiger partial charge on any atom is 0.232 e. The fourth-order valence-electron chi connectivity index (χ4n) is 1.92. The average Bonchev–Trinajstić information content (AvgIpc) is 2.90. The molecule has 0 atom stereocenters. The summed E-state index contributed by atoms with van der Waals surface area (Å²) in [7, 11) is 0. The molecule has 2 heterocycles. The molecule has 0 aliphatic carbocycles. The van der Waals surface area contributed by atoms with Crippen LogP contribution in [0.3, 0.4) is 0 Å². The predicted molar refractivity (Wildman–Crippen MR) is 82.8 cm³/mol. The zero-order chi connectivity index (χ0) is 13.9. The normalized spacial score (nSPS) is 10.7. The molecule has 0 aliphatic heterocycles. The highest BCUT2D eigenvalue weighted by Gasteiger charge is 2.11. The first-order chi connectivity index (χ1) is 9.78. The molecule has 5 heteroatoms. The van der Waals surface area contributed by atoms with Gasteiger partial charge in [-0.25, -0.2) is 4.98 Å². The minimum atomic E-state index is 0.599. The van der Waals surface area contributed by atoms with E-state index in [1.165, 1.54) is 0 Å². The lowest BCUT2D eigenvalue weighted by atomic mass is 10.2. The van der Waals surface area contributed by atoms with Crippen LogP contribution < -0.4 is 10.1 Å². The van der Waals surface area contributed by atoms with Crippen LogP contribution in [0, 0.1) is 6.92 Å². The molecule has 0 spiro atoms. The molecule has 20 heavy (non-hydrogen) atoms. The van der Waals surface area contributed by atoms with Gasteiger partial charge in [-0.3, -0.25) is 0 Å². The third-order valence-electron chi connectivity index (χ3n) is 2.93. The lowest BCUT2D eigenvalue weighted by molar-refractivity contribution is 0.465. The fourth-order valence-corrected chi connectivity index (χ4v) is 2.67. The molecule has 1 aromatic carbocycles. The summed E-state index contributed by atoms with van der Waals surface area (Å²) in [5.74, 6) is 2.02. The molecule has 1 N–H and O–H groups in total. The fraction of sp³-hybridized carbons (Fsp3) is 0.200. The van der Waals surface area contributed by atoms with Crippen molar-refractivity contribution in [3.63, 3.8) is 0 Å². The highest BCUT2D eigenvalue weighted by Crippen LogP contribution is 2.32. The van der Waals surface area contributed by atoms with Gasteiger partial charge in [-0.2, -0.15) is 4.98 Å². The smallest absolute Gasteiger partial charge is 0.232 e. The first-order valence-corrected chi connectivity index (χ1v) is 7.38. The van der Waals surface area contributed by atoms with E-state index in [2.05, 4.69) is 15.3 Å². The molecular formula is C15H15N3OS. The van der Waals surface area contributed by atoms with E-state index in [0.717, 1.165) is 28.1 Å². The Kier molecular flexibility index (Phi) is 3.52.